The van der Waals surface area contributed by atoms with E-state index >= 15 is 0 Å². The van der Waals surface area contributed by atoms with E-state index in [-0.39, 0.29) is 0 Å². The number of nitrogens with one attached hydrogen (secondary N) is 1. The number of aromatic nitrogens is 2. The lowest BCUT2D eigenvalue weighted by Crippen LogP contribution is -2.02. The second-order valence-electron chi connectivity index (χ2n) is 4.89. The maximum absolute atomic E-state index is 11.2. The van der Waals surface area contributed by atoms with E-state index in [4.69, 9.17) is 15.1 Å². The second kappa shape index (κ2) is 5.83. The summed E-state index contributed by atoms with van der Waals surface area (Å²) in [5, 5.41) is 1.13. The second-order valence-corrected chi connectivity index (χ2v) is 6.06. The molecule has 0 radical (unpaired) electrons. The van der Waals surface area contributed by atoms with Crippen molar-refractivity contribution in [1.82, 2.24) is 9.97 Å². The predicted molar refractivity (Wildman–Crippen MR) is 84.7 cm³/mol. The molecule has 2 aromatic heterocycles. The third kappa shape index (κ3) is 2.77. The molecule has 0 aliphatic carbocycles. The number of hydrogen-bond donors (Lipinski definition) is 2. The van der Waals surface area contributed by atoms with Crippen molar-refractivity contribution in [2.45, 2.75) is 26.2 Å². The van der Waals surface area contributed by atoms with E-state index in [1.54, 1.807) is 11.3 Å². The molecule has 3 rings (SSSR count). The molecule has 0 unspecified atom stereocenters. The monoisotopic (exact) mass is 303 g/mol. The van der Waals surface area contributed by atoms with Gasteiger partial charge < -0.3 is 10.2 Å². The highest BCUT2D eigenvalue weighted by atomic mass is 32.1. The Morgan fingerprint density at radius 1 is 1.38 bits per heavy atom. The van der Waals surface area contributed by atoms with E-state index in [0.29, 0.717) is 17.6 Å². The maximum atomic E-state index is 11.2. The smallest absolute Gasteiger partial charge is 0.408 e. The van der Waals surface area contributed by atoms with Gasteiger partial charge in [-0.1, -0.05) is 13.0 Å². The van der Waals surface area contributed by atoms with E-state index in [0.717, 1.165) is 35.5 Å². The van der Waals surface area contributed by atoms with Crippen LogP contribution >= 0.6 is 11.3 Å². The number of nitrogens with zero attached hydrogens (tertiary/aromatic N) is 1. The molecular formula is C15H17N3O2S. The first-order chi connectivity index (χ1) is 10.2. The summed E-state index contributed by atoms with van der Waals surface area (Å²) in [5.74, 6) is -0.436. The number of H-pyrrole nitrogens is 1. The van der Waals surface area contributed by atoms with Crippen LogP contribution in [0.4, 0.5) is 0 Å². The Morgan fingerprint density at radius 2 is 2.24 bits per heavy atom. The minimum absolute atomic E-state index is 0.436. The van der Waals surface area contributed by atoms with E-state index in [1.165, 1.54) is 4.88 Å². The largest absolute Gasteiger partial charge is 0.417 e. The average Bonchev–Trinajstić information content (AvgIpc) is 3.01. The Morgan fingerprint density at radius 3 is 3.00 bits per heavy atom. The van der Waals surface area contributed by atoms with Crippen LogP contribution in [0, 0.1) is 0 Å². The van der Waals surface area contributed by atoms with Crippen molar-refractivity contribution in [2.75, 3.05) is 6.54 Å². The summed E-state index contributed by atoms with van der Waals surface area (Å²) < 4.78 is 5.12. The minimum atomic E-state index is -0.436. The molecule has 6 heteroatoms. The number of aromatic amines is 1. The van der Waals surface area contributed by atoms with Crippen LogP contribution in [0.2, 0.25) is 0 Å². The molecule has 0 bridgehead atoms. The van der Waals surface area contributed by atoms with Crippen molar-refractivity contribution in [3.8, 4) is 11.3 Å². The molecule has 3 N–H and O–H groups in total. The summed E-state index contributed by atoms with van der Waals surface area (Å²) in [5.41, 5.74) is 8.88. The van der Waals surface area contributed by atoms with Crippen LogP contribution < -0.4 is 11.5 Å². The lowest BCUT2D eigenvalue weighted by Gasteiger charge is -2.00. The summed E-state index contributed by atoms with van der Waals surface area (Å²) >= 11 is 1.72. The van der Waals surface area contributed by atoms with Gasteiger partial charge in [-0.05, 0) is 37.9 Å². The Hall–Kier alpha value is -1.92. The van der Waals surface area contributed by atoms with Crippen molar-refractivity contribution in [3.63, 3.8) is 0 Å². The zero-order valence-electron chi connectivity index (χ0n) is 11.8. The number of nitrogens with two attached hydrogens (primary N) is 1. The predicted octanol–water partition coefficient (Wildman–Crippen LogP) is 2.70. The first kappa shape index (κ1) is 14.0. The van der Waals surface area contributed by atoms with Crippen LogP contribution in [0.15, 0.2) is 27.4 Å². The van der Waals surface area contributed by atoms with Gasteiger partial charge in [0.15, 0.2) is 5.58 Å². The van der Waals surface area contributed by atoms with E-state index in [9.17, 15) is 4.79 Å². The molecule has 0 amide bonds. The van der Waals surface area contributed by atoms with Crippen LogP contribution in [0.3, 0.4) is 0 Å². The summed E-state index contributed by atoms with van der Waals surface area (Å²) in [6.45, 7) is 2.74. The van der Waals surface area contributed by atoms with Crippen LogP contribution in [0.5, 0.6) is 0 Å². The van der Waals surface area contributed by atoms with Gasteiger partial charge in [-0.2, -0.15) is 0 Å². The van der Waals surface area contributed by atoms with E-state index in [1.807, 2.05) is 18.2 Å². The third-order valence-electron chi connectivity index (χ3n) is 3.27. The molecular weight excluding hydrogens is 286 g/mol. The molecule has 0 saturated heterocycles. The van der Waals surface area contributed by atoms with Gasteiger partial charge in [0, 0.05) is 10.4 Å². The first-order valence-electron chi connectivity index (χ1n) is 7.03. The van der Waals surface area contributed by atoms with Crippen LogP contribution in [0.1, 0.15) is 23.2 Å². The van der Waals surface area contributed by atoms with Crippen molar-refractivity contribution < 1.29 is 4.42 Å². The van der Waals surface area contributed by atoms with Crippen LogP contribution in [0.25, 0.3) is 22.4 Å². The van der Waals surface area contributed by atoms with E-state index < -0.39 is 5.76 Å². The molecule has 0 aliphatic heterocycles. The molecule has 0 fully saturated rings. The van der Waals surface area contributed by atoms with Crippen molar-refractivity contribution >= 4 is 22.4 Å². The lowest BCUT2D eigenvalue weighted by atomic mass is 10.1. The van der Waals surface area contributed by atoms with Crippen LogP contribution in [-0.4, -0.2) is 16.5 Å². The number of fused-ring (bicyclic) bond motifs is 1. The first-order valence-corrected chi connectivity index (χ1v) is 7.84. The third-order valence-corrected chi connectivity index (χ3v) is 4.45. The van der Waals surface area contributed by atoms with Crippen molar-refractivity contribution in [3.05, 3.63) is 38.6 Å². The number of aryl methyl sites for hydroxylation is 1. The highest BCUT2D eigenvalue weighted by Crippen LogP contribution is 2.30. The van der Waals surface area contributed by atoms with Gasteiger partial charge in [0.2, 0.25) is 0 Å². The number of rotatable bonds is 5. The summed E-state index contributed by atoms with van der Waals surface area (Å²) in [7, 11) is 0. The minimum Gasteiger partial charge on any atom is -0.408 e. The molecule has 2 heterocycles. The van der Waals surface area contributed by atoms with Gasteiger partial charge in [-0.15, -0.1) is 11.3 Å². The van der Waals surface area contributed by atoms with Gasteiger partial charge >= 0.3 is 5.76 Å². The zero-order valence-corrected chi connectivity index (χ0v) is 12.6. The Kier molecular flexibility index (Phi) is 3.90. The molecule has 0 spiro atoms. The molecule has 3 aromatic rings. The number of hydrogen-bond acceptors (Lipinski definition) is 5. The highest BCUT2D eigenvalue weighted by molar-refractivity contribution is 7.12. The standard InChI is InChI=1S/C15H17N3O2S/c1-2-3-13-18-14(12(21-13)6-7-16)9-4-5-10-11(8-9)20-15(19)17-10/h4-5,8H,2-3,6-7,16H2,1H3,(H,17,19). The molecule has 110 valence electrons. The van der Waals surface area contributed by atoms with E-state index in [2.05, 4.69) is 11.9 Å². The normalized spacial score (nSPS) is 11.3. The average molecular weight is 303 g/mol. The molecule has 0 saturated carbocycles. The van der Waals surface area contributed by atoms with Gasteiger partial charge in [-0.3, -0.25) is 4.98 Å². The molecule has 21 heavy (non-hydrogen) atoms. The number of oxazole rings is 1. The summed E-state index contributed by atoms with van der Waals surface area (Å²) in [6.07, 6.45) is 2.86. The molecule has 0 atom stereocenters. The van der Waals surface area contributed by atoms with Gasteiger partial charge in [0.25, 0.3) is 0 Å². The summed E-state index contributed by atoms with van der Waals surface area (Å²) in [4.78, 5) is 19.8. The topological polar surface area (TPSA) is 84.9 Å². The Bertz CT molecular complexity index is 816. The fraction of sp³-hybridized carbons (Fsp3) is 0.333. The molecule has 5 nitrogen and oxygen atoms in total. The van der Waals surface area contributed by atoms with Crippen molar-refractivity contribution in [1.29, 1.82) is 0 Å². The van der Waals surface area contributed by atoms with Gasteiger partial charge in [-0.25, -0.2) is 9.78 Å². The highest BCUT2D eigenvalue weighted by Gasteiger charge is 2.13. The molecule has 0 aliphatic rings. The Balaban J connectivity index is 2.08. The van der Waals surface area contributed by atoms with Crippen LogP contribution in [-0.2, 0) is 12.8 Å². The zero-order chi connectivity index (χ0) is 14.8. The fourth-order valence-electron chi connectivity index (χ4n) is 2.34. The quantitative estimate of drug-likeness (QED) is 0.759. The Labute approximate surface area is 125 Å². The van der Waals surface area contributed by atoms with Crippen molar-refractivity contribution in [2.24, 2.45) is 5.73 Å². The summed E-state index contributed by atoms with van der Waals surface area (Å²) in [6, 6.07) is 5.66. The molecule has 1 aromatic carbocycles. The van der Waals surface area contributed by atoms with Gasteiger partial charge in [0.05, 0.1) is 16.2 Å². The maximum Gasteiger partial charge on any atom is 0.417 e. The van der Waals surface area contributed by atoms with Gasteiger partial charge in [0.1, 0.15) is 0 Å². The number of benzene rings is 1. The SMILES string of the molecule is CCCc1nc(-c2ccc3[nH]c(=O)oc3c2)c(CCN)s1. The fourth-order valence-corrected chi connectivity index (χ4v) is 3.55. The lowest BCUT2D eigenvalue weighted by molar-refractivity contribution is 0.555. The number of thiazole rings is 1.